The molecule has 16 nitrogen and oxygen atoms in total. The fourth-order valence-electron chi connectivity index (χ4n) is 6.15. The van der Waals surface area contributed by atoms with Gasteiger partial charge in [0.1, 0.15) is 24.4 Å². The van der Waals surface area contributed by atoms with Gasteiger partial charge in [-0.2, -0.15) is 0 Å². The summed E-state index contributed by atoms with van der Waals surface area (Å²) in [5.41, 5.74) is 27.6. The van der Waals surface area contributed by atoms with Crippen molar-refractivity contribution in [1.29, 1.82) is 0 Å². The van der Waals surface area contributed by atoms with Gasteiger partial charge in [0.25, 0.3) is 0 Å². The molecule has 46 heavy (non-hydrogen) atoms. The van der Waals surface area contributed by atoms with E-state index in [0.29, 0.717) is 64.8 Å². The molecule has 12 N–H and O–H groups in total. The van der Waals surface area contributed by atoms with Crippen molar-refractivity contribution in [3.05, 3.63) is 59.2 Å². The Hall–Kier alpha value is -2.90. The molecule has 2 aliphatic rings. The first-order valence-corrected chi connectivity index (χ1v) is 15.9. The minimum absolute atomic E-state index is 0.371. The molecule has 10 atom stereocenters. The van der Waals surface area contributed by atoms with E-state index in [1.54, 1.807) is 9.36 Å². The Labute approximate surface area is 267 Å². The maximum absolute atomic E-state index is 10.2. The summed E-state index contributed by atoms with van der Waals surface area (Å²) in [6.07, 6.45) is 1.68. The van der Waals surface area contributed by atoms with Crippen LogP contribution in [-0.2, 0) is 35.4 Å². The lowest BCUT2D eigenvalue weighted by Crippen LogP contribution is -2.62. The van der Waals surface area contributed by atoms with Crippen molar-refractivity contribution in [1.82, 2.24) is 30.0 Å². The second-order valence-corrected chi connectivity index (χ2v) is 12.6. The molecule has 2 aromatic heterocycles. The molecule has 2 saturated carbocycles. The molecule has 2 fully saturated rings. The van der Waals surface area contributed by atoms with Crippen molar-refractivity contribution in [3.8, 4) is 0 Å². The Morgan fingerprint density at radius 3 is 1.39 bits per heavy atom. The number of aryl methyl sites for hydroxylation is 2. The first kappa shape index (κ1) is 34.4. The van der Waals surface area contributed by atoms with E-state index in [1.807, 2.05) is 36.7 Å². The number of nitrogens with two attached hydrogens (primary N) is 4. The van der Waals surface area contributed by atoms with Gasteiger partial charge >= 0.3 is 0 Å². The molecular formula is C30H48N10O6. The van der Waals surface area contributed by atoms with Gasteiger partial charge in [0.05, 0.1) is 36.7 Å². The predicted molar refractivity (Wildman–Crippen MR) is 166 cm³/mol. The maximum Gasteiger partial charge on any atom is 0.109 e. The van der Waals surface area contributed by atoms with Crippen molar-refractivity contribution < 1.29 is 29.9 Å². The molecule has 0 amide bonds. The van der Waals surface area contributed by atoms with E-state index < -0.39 is 60.8 Å². The van der Waals surface area contributed by atoms with Crippen LogP contribution in [-0.4, -0.2) is 124 Å². The molecular weight excluding hydrogens is 596 g/mol. The summed E-state index contributed by atoms with van der Waals surface area (Å²) in [6.45, 7) is 1.90. The van der Waals surface area contributed by atoms with Crippen LogP contribution in [0.1, 0.15) is 48.2 Å². The van der Waals surface area contributed by atoms with Crippen LogP contribution in [0.4, 0.5) is 0 Å². The molecule has 0 spiro atoms. The summed E-state index contributed by atoms with van der Waals surface area (Å²) in [5.74, 6) is 0. The molecule has 0 radical (unpaired) electrons. The van der Waals surface area contributed by atoms with E-state index in [9.17, 15) is 20.4 Å². The van der Waals surface area contributed by atoms with E-state index >= 15 is 0 Å². The van der Waals surface area contributed by atoms with Gasteiger partial charge in [-0.1, -0.05) is 34.7 Å². The Balaban J connectivity index is 1.00. The number of aliphatic hydroxyl groups excluding tert-OH is 4. The third-order valence-corrected chi connectivity index (χ3v) is 8.84. The minimum Gasteiger partial charge on any atom is -0.389 e. The zero-order valence-electron chi connectivity index (χ0n) is 25.9. The summed E-state index contributed by atoms with van der Waals surface area (Å²) >= 11 is 0. The molecule has 2 aliphatic carbocycles. The SMILES string of the molecule is N[C@@H]1C[C@H](N)[C@@H](OCCCc2cn(Cc3ccc(Cn4cc(CCCO[C@H]5[C@H](O)[C@@H](O)[C@H](N)C[C@@H]5N)nn4)cc3)nn2)[C@H](O)[C@H]1O. The number of nitrogens with zero attached hydrogens (tertiary/aromatic N) is 6. The maximum atomic E-state index is 10.2. The van der Waals surface area contributed by atoms with Crippen molar-refractivity contribution in [2.45, 2.75) is 112 Å². The molecule has 0 unspecified atom stereocenters. The lowest BCUT2D eigenvalue weighted by molar-refractivity contribution is -0.127. The second-order valence-electron chi connectivity index (χ2n) is 12.6. The van der Waals surface area contributed by atoms with E-state index in [-0.39, 0.29) is 0 Å². The molecule has 5 rings (SSSR count). The normalized spacial score (nSPS) is 31.7. The largest absolute Gasteiger partial charge is 0.389 e. The van der Waals surface area contributed by atoms with Gasteiger partial charge in [0, 0.05) is 49.8 Å². The molecule has 254 valence electrons. The van der Waals surface area contributed by atoms with Gasteiger partial charge in [-0.25, -0.2) is 9.36 Å². The smallest absolute Gasteiger partial charge is 0.109 e. The number of hydrogen-bond donors (Lipinski definition) is 8. The van der Waals surface area contributed by atoms with Gasteiger partial charge in [-0.05, 0) is 49.7 Å². The lowest BCUT2D eigenvalue weighted by Gasteiger charge is -2.39. The minimum atomic E-state index is -1.10. The number of aliphatic hydroxyl groups is 4. The van der Waals surface area contributed by atoms with Crippen molar-refractivity contribution in [3.63, 3.8) is 0 Å². The van der Waals surface area contributed by atoms with Crippen molar-refractivity contribution in [2.75, 3.05) is 13.2 Å². The standard InChI is InChI=1S/C30H48N10O6/c31-21-11-23(33)29(27(43)25(21)41)45-9-1-3-19-15-39(37-35-19)13-17-5-7-18(8-6-17)14-40-16-20(36-38-40)4-2-10-46-30-24(34)12-22(32)26(42)28(30)44/h5-8,15-16,21-30,41-44H,1-4,9-14,31-34H2/t21-,22-,23+,24+,25+,26+,27-,28-,29-,30-/m1/s1. The molecule has 2 heterocycles. The number of hydrogen-bond acceptors (Lipinski definition) is 14. The summed E-state index contributed by atoms with van der Waals surface area (Å²) in [4.78, 5) is 0. The third-order valence-electron chi connectivity index (χ3n) is 8.84. The van der Waals surface area contributed by atoms with Gasteiger partial charge in [-0.15, -0.1) is 10.2 Å². The van der Waals surface area contributed by atoms with E-state index in [4.69, 9.17) is 32.4 Å². The van der Waals surface area contributed by atoms with Crippen LogP contribution >= 0.6 is 0 Å². The summed E-state index contributed by atoms with van der Waals surface area (Å²) in [6, 6.07) is 6.24. The van der Waals surface area contributed by atoms with Crippen molar-refractivity contribution >= 4 is 0 Å². The fraction of sp³-hybridized carbons (Fsp3) is 0.667. The van der Waals surface area contributed by atoms with Gasteiger partial charge < -0.3 is 52.8 Å². The third kappa shape index (κ3) is 8.71. The highest BCUT2D eigenvalue weighted by atomic mass is 16.5. The zero-order chi connectivity index (χ0) is 32.8. The summed E-state index contributed by atoms with van der Waals surface area (Å²) in [5, 5.41) is 57.5. The highest BCUT2D eigenvalue weighted by molar-refractivity contribution is 5.23. The van der Waals surface area contributed by atoms with Crippen LogP contribution in [0.2, 0.25) is 0 Å². The molecule has 3 aromatic rings. The first-order chi connectivity index (χ1) is 22.1. The van der Waals surface area contributed by atoms with Crippen LogP contribution in [0.5, 0.6) is 0 Å². The van der Waals surface area contributed by atoms with Crippen LogP contribution in [0.15, 0.2) is 36.7 Å². The van der Waals surface area contributed by atoms with E-state index in [1.165, 1.54) is 0 Å². The number of ether oxygens (including phenoxy) is 2. The fourth-order valence-corrected chi connectivity index (χ4v) is 6.15. The number of rotatable bonds is 14. The Kier molecular flexibility index (Phi) is 11.8. The van der Waals surface area contributed by atoms with Gasteiger partial charge in [0.15, 0.2) is 0 Å². The number of benzene rings is 1. The summed E-state index contributed by atoms with van der Waals surface area (Å²) in [7, 11) is 0. The highest BCUT2D eigenvalue weighted by Gasteiger charge is 2.42. The Bertz CT molecular complexity index is 1260. The van der Waals surface area contributed by atoms with Crippen molar-refractivity contribution in [2.24, 2.45) is 22.9 Å². The predicted octanol–water partition coefficient (Wildman–Crippen LogP) is -2.84. The molecule has 1 aromatic carbocycles. The zero-order valence-corrected chi connectivity index (χ0v) is 25.9. The van der Waals surface area contributed by atoms with Crippen LogP contribution < -0.4 is 22.9 Å². The van der Waals surface area contributed by atoms with E-state index in [2.05, 4.69) is 20.6 Å². The van der Waals surface area contributed by atoms with Crippen LogP contribution in [0.3, 0.4) is 0 Å². The Morgan fingerprint density at radius 2 is 1.00 bits per heavy atom. The lowest BCUT2D eigenvalue weighted by atomic mass is 9.85. The average molecular weight is 645 g/mol. The molecule has 0 bridgehead atoms. The van der Waals surface area contributed by atoms with E-state index in [0.717, 1.165) is 22.5 Å². The van der Waals surface area contributed by atoms with Crippen LogP contribution in [0, 0.1) is 0 Å². The average Bonchev–Trinajstić information content (AvgIpc) is 3.68. The topological polar surface area (TPSA) is 265 Å². The van der Waals surface area contributed by atoms with Gasteiger partial charge in [-0.3, -0.25) is 0 Å². The van der Waals surface area contributed by atoms with Gasteiger partial charge in [0.2, 0.25) is 0 Å². The first-order valence-electron chi connectivity index (χ1n) is 15.9. The monoisotopic (exact) mass is 644 g/mol. The van der Waals surface area contributed by atoms with Crippen LogP contribution in [0.25, 0.3) is 0 Å². The molecule has 0 aliphatic heterocycles. The second kappa shape index (κ2) is 15.8. The number of aromatic nitrogens is 6. The Morgan fingerprint density at radius 1 is 0.609 bits per heavy atom. The molecule has 16 heteroatoms. The molecule has 0 saturated heterocycles. The highest BCUT2D eigenvalue weighted by Crippen LogP contribution is 2.22. The summed E-state index contributed by atoms with van der Waals surface area (Å²) < 4.78 is 15.1. The quantitative estimate of drug-likeness (QED) is 0.0822.